The Bertz CT molecular complexity index is 694. The smallest absolute Gasteiger partial charge is 0.313 e. The van der Waals surface area contributed by atoms with Crippen LogP contribution in [0.1, 0.15) is 31.0 Å². The van der Waals surface area contributed by atoms with Gasteiger partial charge in [-0.15, -0.1) is 0 Å². The van der Waals surface area contributed by atoms with Gasteiger partial charge in [0.25, 0.3) is 0 Å². The molecule has 2 aromatic carbocycles. The molecule has 2 amide bonds. The van der Waals surface area contributed by atoms with Crippen LogP contribution in [0.15, 0.2) is 48.5 Å². The fourth-order valence-electron chi connectivity index (χ4n) is 2.25. The number of methoxy groups -OCH3 is 1. The molecule has 0 heterocycles. The van der Waals surface area contributed by atoms with E-state index in [-0.39, 0.29) is 6.04 Å². The minimum Gasteiger partial charge on any atom is -0.497 e. The van der Waals surface area contributed by atoms with E-state index in [9.17, 15) is 9.59 Å². The van der Waals surface area contributed by atoms with Gasteiger partial charge >= 0.3 is 11.8 Å². The molecule has 5 heteroatoms. The molecule has 5 nitrogen and oxygen atoms in total. The van der Waals surface area contributed by atoms with Crippen molar-refractivity contribution in [2.24, 2.45) is 0 Å². The van der Waals surface area contributed by atoms with Crippen LogP contribution in [0, 0.1) is 0 Å². The molecule has 1 unspecified atom stereocenters. The quantitative estimate of drug-likeness (QED) is 0.830. The number of aryl methyl sites for hydroxylation is 1. The van der Waals surface area contributed by atoms with Crippen molar-refractivity contribution in [3.8, 4) is 5.75 Å². The van der Waals surface area contributed by atoms with Gasteiger partial charge in [-0.1, -0.05) is 31.2 Å². The Balaban J connectivity index is 1.93. The molecule has 0 fully saturated rings. The molecular formula is C19H22N2O3. The maximum atomic E-state index is 12.0. The average molecular weight is 326 g/mol. The molecular weight excluding hydrogens is 304 g/mol. The SMILES string of the molecule is CCc1ccc(NC(=O)C(=O)NC(C)c2ccc(OC)cc2)cc1. The molecule has 0 aliphatic carbocycles. The molecule has 1 atom stereocenters. The Kier molecular flexibility index (Phi) is 5.95. The van der Waals surface area contributed by atoms with Gasteiger partial charge < -0.3 is 15.4 Å². The molecule has 0 aliphatic heterocycles. The summed E-state index contributed by atoms with van der Waals surface area (Å²) in [6.45, 7) is 3.88. The molecule has 24 heavy (non-hydrogen) atoms. The van der Waals surface area contributed by atoms with E-state index in [2.05, 4.69) is 17.6 Å². The van der Waals surface area contributed by atoms with E-state index in [4.69, 9.17) is 4.74 Å². The molecule has 0 saturated carbocycles. The zero-order valence-electron chi connectivity index (χ0n) is 14.1. The minimum absolute atomic E-state index is 0.281. The van der Waals surface area contributed by atoms with Gasteiger partial charge in [-0.05, 0) is 48.7 Å². The molecule has 0 radical (unpaired) electrons. The third-order valence-electron chi connectivity index (χ3n) is 3.79. The van der Waals surface area contributed by atoms with Crippen LogP contribution in [-0.2, 0) is 16.0 Å². The lowest BCUT2D eigenvalue weighted by Gasteiger charge is -2.14. The first-order valence-corrected chi connectivity index (χ1v) is 7.88. The Morgan fingerprint density at radius 3 is 2.17 bits per heavy atom. The zero-order valence-corrected chi connectivity index (χ0v) is 14.1. The van der Waals surface area contributed by atoms with Crippen molar-refractivity contribution >= 4 is 17.5 Å². The van der Waals surface area contributed by atoms with Gasteiger partial charge in [0.15, 0.2) is 0 Å². The topological polar surface area (TPSA) is 67.4 Å². The number of anilines is 1. The normalized spacial score (nSPS) is 11.5. The highest BCUT2D eigenvalue weighted by molar-refractivity contribution is 6.39. The van der Waals surface area contributed by atoms with E-state index in [1.165, 1.54) is 5.56 Å². The van der Waals surface area contributed by atoms with Crippen LogP contribution >= 0.6 is 0 Å². The Labute approximate surface area is 142 Å². The lowest BCUT2D eigenvalue weighted by atomic mass is 10.1. The van der Waals surface area contributed by atoms with E-state index < -0.39 is 11.8 Å². The average Bonchev–Trinajstić information content (AvgIpc) is 2.62. The van der Waals surface area contributed by atoms with E-state index >= 15 is 0 Å². The van der Waals surface area contributed by atoms with E-state index in [0.29, 0.717) is 5.69 Å². The number of hydrogen-bond donors (Lipinski definition) is 2. The van der Waals surface area contributed by atoms with Crippen molar-refractivity contribution in [2.45, 2.75) is 26.3 Å². The molecule has 0 aromatic heterocycles. The summed E-state index contributed by atoms with van der Waals surface area (Å²) in [4.78, 5) is 24.0. The highest BCUT2D eigenvalue weighted by Gasteiger charge is 2.17. The lowest BCUT2D eigenvalue weighted by molar-refractivity contribution is -0.136. The highest BCUT2D eigenvalue weighted by Crippen LogP contribution is 2.17. The summed E-state index contributed by atoms with van der Waals surface area (Å²) in [7, 11) is 1.59. The summed E-state index contributed by atoms with van der Waals surface area (Å²) >= 11 is 0. The number of carbonyl (C=O) groups excluding carboxylic acids is 2. The minimum atomic E-state index is -0.681. The number of amides is 2. The Morgan fingerprint density at radius 1 is 1.00 bits per heavy atom. The monoisotopic (exact) mass is 326 g/mol. The predicted octanol–water partition coefficient (Wildman–Crippen LogP) is 3.07. The second-order valence-electron chi connectivity index (χ2n) is 5.47. The van der Waals surface area contributed by atoms with Crippen LogP contribution in [0.4, 0.5) is 5.69 Å². The van der Waals surface area contributed by atoms with Gasteiger partial charge in [-0.3, -0.25) is 9.59 Å². The van der Waals surface area contributed by atoms with Crippen molar-refractivity contribution in [1.29, 1.82) is 0 Å². The highest BCUT2D eigenvalue weighted by atomic mass is 16.5. The molecule has 2 aromatic rings. The van der Waals surface area contributed by atoms with Crippen LogP contribution in [-0.4, -0.2) is 18.9 Å². The summed E-state index contributed by atoms with van der Waals surface area (Å²) in [6.07, 6.45) is 0.925. The van der Waals surface area contributed by atoms with Gasteiger partial charge in [-0.25, -0.2) is 0 Å². The third kappa shape index (κ3) is 4.59. The number of ether oxygens (including phenoxy) is 1. The number of benzene rings is 2. The van der Waals surface area contributed by atoms with E-state index in [0.717, 1.165) is 17.7 Å². The van der Waals surface area contributed by atoms with Gasteiger partial charge in [-0.2, -0.15) is 0 Å². The maximum Gasteiger partial charge on any atom is 0.313 e. The first kappa shape index (κ1) is 17.5. The third-order valence-corrected chi connectivity index (χ3v) is 3.79. The molecule has 2 N–H and O–H groups in total. The molecule has 126 valence electrons. The first-order chi connectivity index (χ1) is 11.5. The molecule has 0 spiro atoms. The number of rotatable bonds is 5. The predicted molar refractivity (Wildman–Crippen MR) is 94.0 cm³/mol. The van der Waals surface area contributed by atoms with Gasteiger partial charge in [0.05, 0.1) is 13.2 Å². The summed E-state index contributed by atoms with van der Waals surface area (Å²) in [6, 6.07) is 14.5. The largest absolute Gasteiger partial charge is 0.497 e. The number of hydrogen-bond acceptors (Lipinski definition) is 3. The van der Waals surface area contributed by atoms with Crippen molar-refractivity contribution in [2.75, 3.05) is 12.4 Å². The second-order valence-corrected chi connectivity index (χ2v) is 5.47. The van der Waals surface area contributed by atoms with Gasteiger partial charge in [0, 0.05) is 5.69 Å². The number of nitrogens with one attached hydrogen (secondary N) is 2. The van der Waals surface area contributed by atoms with Crippen molar-refractivity contribution in [3.63, 3.8) is 0 Å². The summed E-state index contributed by atoms with van der Waals surface area (Å²) in [5, 5.41) is 5.28. The maximum absolute atomic E-state index is 12.0. The zero-order chi connectivity index (χ0) is 17.5. The van der Waals surface area contributed by atoms with Crippen LogP contribution in [0.25, 0.3) is 0 Å². The van der Waals surface area contributed by atoms with Gasteiger partial charge in [0.2, 0.25) is 0 Å². The Morgan fingerprint density at radius 2 is 1.62 bits per heavy atom. The van der Waals surface area contributed by atoms with Crippen LogP contribution < -0.4 is 15.4 Å². The van der Waals surface area contributed by atoms with E-state index in [1.807, 2.05) is 43.3 Å². The molecule has 0 bridgehead atoms. The summed E-state index contributed by atoms with van der Waals surface area (Å²) in [5.74, 6) is -0.608. The van der Waals surface area contributed by atoms with Crippen molar-refractivity contribution in [3.05, 3.63) is 59.7 Å². The van der Waals surface area contributed by atoms with Gasteiger partial charge in [0.1, 0.15) is 5.75 Å². The van der Waals surface area contributed by atoms with Crippen LogP contribution in [0.5, 0.6) is 5.75 Å². The first-order valence-electron chi connectivity index (χ1n) is 7.88. The summed E-state index contributed by atoms with van der Waals surface area (Å²) < 4.78 is 5.10. The number of carbonyl (C=O) groups is 2. The fourth-order valence-corrected chi connectivity index (χ4v) is 2.25. The second kappa shape index (κ2) is 8.15. The fraction of sp³-hybridized carbons (Fsp3) is 0.263. The molecule has 0 aliphatic rings. The molecule has 0 saturated heterocycles. The summed E-state index contributed by atoms with van der Waals surface area (Å²) in [5.41, 5.74) is 2.67. The van der Waals surface area contributed by atoms with Crippen molar-refractivity contribution < 1.29 is 14.3 Å². The van der Waals surface area contributed by atoms with Crippen LogP contribution in [0.3, 0.4) is 0 Å². The van der Waals surface area contributed by atoms with Crippen molar-refractivity contribution in [1.82, 2.24) is 5.32 Å². The molecule has 2 rings (SSSR count). The standard InChI is InChI=1S/C19H22N2O3/c1-4-14-5-9-16(10-6-14)21-19(23)18(22)20-13(2)15-7-11-17(24-3)12-8-15/h5-13H,4H2,1-3H3,(H,20,22)(H,21,23). The Hall–Kier alpha value is -2.82. The lowest BCUT2D eigenvalue weighted by Crippen LogP contribution is -2.36. The van der Waals surface area contributed by atoms with E-state index in [1.54, 1.807) is 19.2 Å². The van der Waals surface area contributed by atoms with Crippen LogP contribution in [0.2, 0.25) is 0 Å².